The summed E-state index contributed by atoms with van der Waals surface area (Å²) in [6.45, 7) is 7.72. The first-order valence-corrected chi connectivity index (χ1v) is 9.14. The van der Waals surface area contributed by atoms with Crippen LogP contribution in [-0.4, -0.2) is 39.9 Å². The molecule has 1 aromatic carbocycles. The topological polar surface area (TPSA) is 59.0 Å². The summed E-state index contributed by atoms with van der Waals surface area (Å²) in [6.07, 6.45) is 3.59. The number of ether oxygens (including phenoxy) is 2. The zero-order chi connectivity index (χ0) is 18.2. The summed E-state index contributed by atoms with van der Waals surface area (Å²) in [7, 11) is 0. The van der Waals surface area contributed by atoms with Crippen molar-refractivity contribution in [1.82, 2.24) is 4.90 Å². The Bertz CT molecular complexity index is 623. The van der Waals surface area contributed by atoms with Crippen molar-refractivity contribution in [2.24, 2.45) is 0 Å². The molecule has 0 saturated carbocycles. The molecule has 3 atom stereocenters. The summed E-state index contributed by atoms with van der Waals surface area (Å²) >= 11 is 0. The van der Waals surface area contributed by atoms with Crippen molar-refractivity contribution >= 4 is 6.09 Å². The van der Waals surface area contributed by atoms with E-state index in [1.54, 1.807) is 0 Å². The monoisotopic (exact) mass is 347 g/mol. The summed E-state index contributed by atoms with van der Waals surface area (Å²) in [6, 6.07) is 6.25. The van der Waals surface area contributed by atoms with Crippen molar-refractivity contribution in [2.75, 3.05) is 0 Å². The molecule has 0 radical (unpaired) electrons. The van der Waals surface area contributed by atoms with Gasteiger partial charge in [-0.05, 0) is 63.8 Å². The molecule has 1 aromatic rings. The van der Waals surface area contributed by atoms with E-state index in [4.69, 9.17) is 9.47 Å². The molecule has 0 spiro atoms. The van der Waals surface area contributed by atoms with E-state index in [0.29, 0.717) is 0 Å². The van der Waals surface area contributed by atoms with Gasteiger partial charge in [0.25, 0.3) is 0 Å². The number of benzene rings is 1. The fraction of sp³-hybridized carbons (Fsp3) is 0.650. The highest BCUT2D eigenvalue weighted by atomic mass is 16.6. The maximum atomic E-state index is 12.5. The smallest absolute Gasteiger partial charge is 0.410 e. The van der Waals surface area contributed by atoms with Gasteiger partial charge in [-0.2, -0.15) is 0 Å². The number of carbonyl (C=O) groups is 1. The largest absolute Gasteiger partial charge is 0.490 e. The van der Waals surface area contributed by atoms with E-state index < -0.39 is 5.60 Å². The first-order valence-electron chi connectivity index (χ1n) is 9.14. The number of nitrogens with zero attached hydrogens (tertiary/aromatic N) is 1. The number of amides is 1. The van der Waals surface area contributed by atoms with Gasteiger partial charge in [-0.25, -0.2) is 4.79 Å². The molecule has 0 aromatic heterocycles. The lowest BCUT2D eigenvalue weighted by molar-refractivity contribution is -0.00709. The second-order valence-electron chi connectivity index (χ2n) is 8.30. The molecule has 2 fully saturated rings. The first-order chi connectivity index (χ1) is 11.7. The van der Waals surface area contributed by atoms with Gasteiger partial charge >= 0.3 is 6.09 Å². The SMILES string of the molecule is Cc1cc(CO)cc(OC2C[C@H]3CC[C@@H](C2)N3C(=O)OC(C)(C)C)c1. The highest BCUT2D eigenvalue weighted by Gasteiger charge is 2.45. The number of piperidine rings is 1. The van der Waals surface area contributed by atoms with Crippen LogP contribution in [0.4, 0.5) is 4.79 Å². The zero-order valence-electron chi connectivity index (χ0n) is 15.6. The Kier molecular flexibility index (Phi) is 4.96. The standard InChI is InChI=1S/C20H29NO4/c1-13-7-14(12-22)9-17(8-13)24-18-10-15-5-6-16(11-18)21(15)19(23)25-20(2,3)4/h7-9,15-16,18,22H,5-6,10-12H2,1-4H3/t15-,16+,18?. The van der Waals surface area contributed by atoms with Gasteiger partial charge in [-0.1, -0.05) is 6.07 Å². The average Bonchev–Trinajstić information content (AvgIpc) is 2.76. The summed E-state index contributed by atoms with van der Waals surface area (Å²) in [5.74, 6) is 0.805. The second kappa shape index (κ2) is 6.87. The highest BCUT2D eigenvalue weighted by molar-refractivity contribution is 5.69. The highest BCUT2D eigenvalue weighted by Crippen LogP contribution is 2.38. The van der Waals surface area contributed by atoms with Gasteiger partial charge in [-0.15, -0.1) is 0 Å². The quantitative estimate of drug-likeness (QED) is 0.903. The van der Waals surface area contributed by atoms with Crippen molar-refractivity contribution in [1.29, 1.82) is 0 Å². The van der Waals surface area contributed by atoms with Gasteiger partial charge in [0.15, 0.2) is 0 Å². The van der Waals surface area contributed by atoms with E-state index in [1.165, 1.54) is 0 Å². The molecular formula is C20H29NO4. The summed E-state index contributed by atoms with van der Waals surface area (Å²) < 4.78 is 11.8. The Labute approximate surface area is 149 Å². The van der Waals surface area contributed by atoms with Crippen LogP contribution in [-0.2, 0) is 11.3 Å². The van der Waals surface area contributed by atoms with Crippen LogP contribution in [0.2, 0.25) is 0 Å². The van der Waals surface area contributed by atoms with E-state index in [-0.39, 0.29) is 30.9 Å². The van der Waals surface area contributed by atoms with Crippen LogP contribution in [0.3, 0.4) is 0 Å². The number of aryl methyl sites for hydroxylation is 1. The third kappa shape index (κ3) is 4.27. The predicted octanol–water partition coefficient (Wildman–Crippen LogP) is 3.80. The Balaban J connectivity index is 1.66. The molecule has 2 saturated heterocycles. The number of rotatable bonds is 3. The lowest BCUT2D eigenvalue weighted by Gasteiger charge is -2.39. The number of hydrogen-bond acceptors (Lipinski definition) is 4. The number of hydrogen-bond donors (Lipinski definition) is 1. The molecule has 2 bridgehead atoms. The van der Waals surface area contributed by atoms with Crippen LogP contribution in [0.5, 0.6) is 5.75 Å². The van der Waals surface area contributed by atoms with Crippen LogP contribution in [0.25, 0.3) is 0 Å². The molecule has 0 aliphatic carbocycles. The van der Waals surface area contributed by atoms with Gasteiger partial charge < -0.3 is 19.5 Å². The van der Waals surface area contributed by atoms with E-state index >= 15 is 0 Å². The Morgan fingerprint density at radius 3 is 2.40 bits per heavy atom. The number of aliphatic hydroxyl groups excluding tert-OH is 1. The molecule has 1 N–H and O–H groups in total. The maximum absolute atomic E-state index is 12.5. The lowest BCUT2D eigenvalue weighted by atomic mass is 10.00. The van der Waals surface area contributed by atoms with Crippen LogP contribution < -0.4 is 4.74 Å². The average molecular weight is 347 g/mol. The molecule has 2 aliphatic heterocycles. The van der Waals surface area contributed by atoms with Crippen LogP contribution >= 0.6 is 0 Å². The van der Waals surface area contributed by atoms with Crippen LogP contribution in [0.1, 0.15) is 57.6 Å². The van der Waals surface area contributed by atoms with Gasteiger partial charge in [0.1, 0.15) is 17.5 Å². The van der Waals surface area contributed by atoms with Crippen LogP contribution in [0, 0.1) is 6.92 Å². The van der Waals surface area contributed by atoms with Gasteiger partial charge in [0.2, 0.25) is 0 Å². The van der Waals surface area contributed by atoms with E-state index in [0.717, 1.165) is 42.6 Å². The second-order valence-corrected chi connectivity index (χ2v) is 8.30. The summed E-state index contributed by atoms with van der Waals surface area (Å²) in [5, 5.41) is 9.36. The van der Waals surface area contributed by atoms with E-state index in [9.17, 15) is 9.90 Å². The first kappa shape index (κ1) is 18.1. The molecule has 2 aliphatic rings. The predicted molar refractivity (Wildman–Crippen MR) is 95.6 cm³/mol. The van der Waals surface area contributed by atoms with Gasteiger partial charge in [-0.3, -0.25) is 0 Å². The summed E-state index contributed by atoms with van der Waals surface area (Å²) in [5.41, 5.74) is 1.48. The van der Waals surface area contributed by atoms with Gasteiger partial charge in [0, 0.05) is 24.9 Å². The molecule has 3 rings (SSSR count). The molecule has 5 heteroatoms. The Morgan fingerprint density at radius 2 is 1.84 bits per heavy atom. The minimum atomic E-state index is -0.466. The number of carbonyl (C=O) groups excluding carboxylic acids is 1. The Hall–Kier alpha value is -1.75. The molecule has 2 heterocycles. The summed E-state index contributed by atoms with van der Waals surface area (Å²) in [4.78, 5) is 14.4. The third-order valence-electron chi connectivity index (χ3n) is 4.89. The van der Waals surface area contributed by atoms with E-state index in [2.05, 4.69) is 0 Å². The normalized spacial score (nSPS) is 25.8. The Morgan fingerprint density at radius 1 is 1.20 bits per heavy atom. The molecule has 1 amide bonds. The minimum absolute atomic E-state index is 0.0143. The number of fused-ring (bicyclic) bond motifs is 2. The van der Waals surface area contributed by atoms with Crippen LogP contribution in [0.15, 0.2) is 18.2 Å². The maximum Gasteiger partial charge on any atom is 0.410 e. The minimum Gasteiger partial charge on any atom is -0.490 e. The molecule has 5 nitrogen and oxygen atoms in total. The fourth-order valence-corrected chi connectivity index (χ4v) is 4.01. The van der Waals surface area contributed by atoms with Gasteiger partial charge in [0.05, 0.1) is 6.61 Å². The van der Waals surface area contributed by atoms with Crippen molar-refractivity contribution < 1.29 is 19.4 Å². The molecular weight excluding hydrogens is 318 g/mol. The van der Waals surface area contributed by atoms with E-state index in [1.807, 2.05) is 50.8 Å². The number of aliphatic hydroxyl groups is 1. The molecule has 138 valence electrons. The van der Waals surface area contributed by atoms with Crippen molar-refractivity contribution in [3.05, 3.63) is 29.3 Å². The van der Waals surface area contributed by atoms with Crippen molar-refractivity contribution in [2.45, 2.75) is 83.8 Å². The third-order valence-corrected chi connectivity index (χ3v) is 4.89. The van der Waals surface area contributed by atoms with Crippen molar-refractivity contribution in [3.63, 3.8) is 0 Å². The molecule has 25 heavy (non-hydrogen) atoms. The van der Waals surface area contributed by atoms with Crippen molar-refractivity contribution in [3.8, 4) is 5.75 Å². The fourth-order valence-electron chi connectivity index (χ4n) is 4.01. The zero-order valence-corrected chi connectivity index (χ0v) is 15.6. The lowest BCUT2D eigenvalue weighted by Crippen LogP contribution is -2.50. The molecule has 1 unspecified atom stereocenters.